The SMILES string of the molecule is COc1ccccc1CN1CC(C(=O)N(CCO)Cc2cccs2)CCC1=O. The number of hydrogen-bond acceptors (Lipinski definition) is 5. The largest absolute Gasteiger partial charge is 0.496 e. The number of amides is 2. The Bertz CT molecular complexity index is 793. The fourth-order valence-corrected chi connectivity index (χ4v) is 4.26. The lowest BCUT2D eigenvalue weighted by Gasteiger charge is -2.35. The van der Waals surface area contributed by atoms with E-state index in [2.05, 4.69) is 0 Å². The Morgan fingerprint density at radius 3 is 2.86 bits per heavy atom. The molecular formula is C21H26N2O4S. The number of aliphatic hydroxyl groups is 1. The fourth-order valence-electron chi connectivity index (χ4n) is 3.55. The van der Waals surface area contributed by atoms with E-state index in [9.17, 15) is 14.7 Å². The summed E-state index contributed by atoms with van der Waals surface area (Å²) in [5, 5.41) is 11.4. The number of hydrogen-bond donors (Lipinski definition) is 1. The number of thiophene rings is 1. The summed E-state index contributed by atoms with van der Waals surface area (Å²) in [6.45, 7) is 1.54. The number of piperidine rings is 1. The number of benzene rings is 1. The summed E-state index contributed by atoms with van der Waals surface area (Å²) in [6, 6.07) is 11.6. The van der Waals surface area contributed by atoms with Crippen LogP contribution in [0, 0.1) is 5.92 Å². The van der Waals surface area contributed by atoms with E-state index in [0.717, 1.165) is 16.2 Å². The topological polar surface area (TPSA) is 70.1 Å². The van der Waals surface area contributed by atoms with E-state index in [1.54, 1.807) is 28.2 Å². The molecule has 2 heterocycles. The van der Waals surface area contributed by atoms with Crippen molar-refractivity contribution < 1.29 is 19.4 Å². The number of para-hydroxylation sites is 1. The number of ether oxygens (including phenoxy) is 1. The molecule has 2 amide bonds. The zero-order valence-corrected chi connectivity index (χ0v) is 16.9. The Morgan fingerprint density at radius 1 is 1.32 bits per heavy atom. The second-order valence-corrected chi connectivity index (χ2v) is 7.92. The molecule has 1 aliphatic heterocycles. The molecule has 1 aromatic heterocycles. The third-order valence-electron chi connectivity index (χ3n) is 5.01. The molecule has 1 saturated heterocycles. The maximum atomic E-state index is 13.1. The van der Waals surface area contributed by atoms with E-state index in [4.69, 9.17) is 4.74 Å². The predicted octanol–water partition coefficient (Wildman–Crippen LogP) is 2.52. The van der Waals surface area contributed by atoms with Crippen LogP contribution in [0.4, 0.5) is 0 Å². The average Bonchev–Trinajstić information content (AvgIpc) is 3.22. The molecule has 1 fully saturated rings. The first kappa shape index (κ1) is 20.4. The van der Waals surface area contributed by atoms with Gasteiger partial charge in [0.2, 0.25) is 11.8 Å². The molecule has 28 heavy (non-hydrogen) atoms. The van der Waals surface area contributed by atoms with Crippen molar-refractivity contribution in [3.8, 4) is 5.75 Å². The predicted molar refractivity (Wildman–Crippen MR) is 108 cm³/mol. The van der Waals surface area contributed by atoms with Gasteiger partial charge in [0.25, 0.3) is 0 Å². The number of likely N-dealkylation sites (tertiary alicyclic amines) is 1. The van der Waals surface area contributed by atoms with Crippen LogP contribution in [0.15, 0.2) is 41.8 Å². The van der Waals surface area contributed by atoms with Crippen LogP contribution in [0.2, 0.25) is 0 Å². The summed E-state index contributed by atoms with van der Waals surface area (Å²) in [5.41, 5.74) is 0.928. The number of aliphatic hydroxyl groups excluding tert-OH is 1. The van der Waals surface area contributed by atoms with Gasteiger partial charge < -0.3 is 19.6 Å². The van der Waals surface area contributed by atoms with Gasteiger partial charge in [-0.1, -0.05) is 24.3 Å². The molecule has 0 spiro atoms. The van der Waals surface area contributed by atoms with Crippen molar-refractivity contribution >= 4 is 23.2 Å². The number of methoxy groups -OCH3 is 1. The highest BCUT2D eigenvalue weighted by Gasteiger charge is 2.33. The molecule has 0 radical (unpaired) electrons. The smallest absolute Gasteiger partial charge is 0.227 e. The summed E-state index contributed by atoms with van der Waals surface area (Å²) in [7, 11) is 1.61. The Kier molecular flexibility index (Phi) is 7.06. The van der Waals surface area contributed by atoms with E-state index < -0.39 is 0 Å². The molecule has 0 bridgehead atoms. The number of rotatable bonds is 8. The van der Waals surface area contributed by atoms with Crippen molar-refractivity contribution in [3.63, 3.8) is 0 Å². The lowest BCUT2D eigenvalue weighted by Crippen LogP contribution is -2.47. The van der Waals surface area contributed by atoms with Crippen LogP contribution in [-0.2, 0) is 22.7 Å². The lowest BCUT2D eigenvalue weighted by molar-refractivity contribution is -0.144. The maximum Gasteiger partial charge on any atom is 0.227 e. The van der Waals surface area contributed by atoms with Crippen LogP contribution < -0.4 is 4.74 Å². The summed E-state index contributed by atoms with van der Waals surface area (Å²) in [5.74, 6) is 0.546. The third kappa shape index (κ3) is 4.91. The fraction of sp³-hybridized carbons (Fsp3) is 0.429. The normalized spacial score (nSPS) is 16.9. The zero-order valence-electron chi connectivity index (χ0n) is 16.0. The molecule has 150 valence electrons. The van der Waals surface area contributed by atoms with Crippen LogP contribution in [0.1, 0.15) is 23.3 Å². The third-order valence-corrected chi connectivity index (χ3v) is 5.87. The van der Waals surface area contributed by atoms with E-state index in [0.29, 0.717) is 39.0 Å². The maximum absolute atomic E-state index is 13.1. The minimum Gasteiger partial charge on any atom is -0.496 e. The van der Waals surface area contributed by atoms with Crippen molar-refractivity contribution in [3.05, 3.63) is 52.2 Å². The van der Waals surface area contributed by atoms with E-state index in [1.165, 1.54) is 0 Å². The Labute approximate surface area is 169 Å². The van der Waals surface area contributed by atoms with Crippen molar-refractivity contribution in [2.75, 3.05) is 26.8 Å². The van der Waals surface area contributed by atoms with Crippen LogP contribution in [0.3, 0.4) is 0 Å². The van der Waals surface area contributed by atoms with Gasteiger partial charge >= 0.3 is 0 Å². The van der Waals surface area contributed by atoms with Gasteiger partial charge in [0.15, 0.2) is 0 Å². The van der Waals surface area contributed by atoms with Crippen molar-refractivity contribution in [2.45, 2.75) is 25.9 Å². The van der Waals surface area contributed by atoms with Crippen LogP contribution in [-0.4, -0.2) is 53.5 Å². The van der Waals surface area contributed by atoms with E-state index in [-0.39, 0.29) is 24.3 Å². The quantitative estimate of drug-likeness (QED) is 0.737. The van der Waals surface area contributed by atoms with Gasteiger partial charge in [-0.05, 0) is 23.9 Å². The van der Waals surface area contributed by atoms with Crippen molar-refractivity contribution in [2.24, 2.45) is 5.92 Å². The first-order valence-corrected chi connectivity index (χ1v) is 10.3. The van der Waals surface area contributed by atoms with Gasteiger partial charge in [-0.2, -0.15) is 0 Å². The highest BCUT2D eigenvalue weighted by atomic mass is 32.1. The molecule has 1 N–H and O–H groups in total. The molecular weight excluding hydrogens is 376 g/mol. The van der Waals surface area contributed by atoms with Gasteiger partial charge in [-0.3, -0.25) is 9.59 Å². The number of carbonyl (C=O) groups excluding carboxylic acids is 2. The van der Waals surface area contributed by atoms with Gasteiger partial charge in [0.05, 0.1) is 26.2 Å². The Morgan fingerprint density at radius 2 is 2.14 bits per heavy atom. The van der Waals surface area contributed by atoms with Crippen molar-refractivity contribution in [1.29, 1.82) is 0 Å². The molecule has 3 rings (SSSR count). The average molecular weight is 403 g/mol. The second kappa shape index (κ2) is 9.71. The van der Waals surface area contributed by atoms with Gasteiger partial charge in [-0.15, -0.1) is 11.3 Å². The first-order valence-electron chi connectivity index (χ1n) is 9.44. The standard InChI is InChI=1S/C21H26N2O4S/c1-27-19-7-3-2-5-16(19)13-23-14-17(8-9-20(23)25)21(26)22(10-11-24)15-18-6-4-12-28-18/h2-7,12,17,24H,8-11,13-15H2,1H3. The summed E-state index contributed by atoms with van der Waals surface area (Å²) >= 11 is 1.59. The second-order valence-electron chi connectivity index (χ2n) is 6.88. The highest BCUT2D eigenvalue weighted by molar-refractivity contribution is 7.09. The summed E-state index contributed by atoms with van der Waals surface area (Å²) < 4.78 is 5.39. The van der Waals surface area contributed by atoms with E-state index in [1.807, 2.05) is 41.8 Å². The molecule has 7 heteroatoms. The molecule has 0 aliphatic carbocycles. The van der Waals surface area contributed by atoms with Crippen LogP contribution >= 0.6 is 11.3 Å². The molecule has 6 nitrogen and oxygen atoms in total. The van der Waals surface area contributed by atoms with Gasteiger partial charge in [-0.25, -0.2) is 0 Å². The van der Waals surface area contributed by atoms with Crippen LogP contribution in [0.25, 0.3) is 0 Å². The molecule has 0 saturated carbocycles. The highest BCUT2D eigenvalue weighted by Crippen LogP contribution is 2.26. The minimum atomic E-state index is -0.251. The molecule has 1 aliphatic rings. The number of nitrogens with zero attached hydrogens (tertiary/aromatic N) is 2. The Balaban J connectivity index is 1.69. The molecule has 1 atom stereocenters. The summed E-state index contributed by atoms with van der Waals surface area (Å²) in [4.78, 5) is 30.1. The lowest BCUT2D eigenvalue weighted by atomic mass is 9.95. The molecule has 1 aromatic carbocycles. The Hall–Kier alpha value is -2.38. The zero-order chi connectivity index (χ0) is 19.9. The first-order chi connectivity index (χ1) is 13.6. The van der Waals surface area contributed by atoms with E-state index >= 15 is 0 Å². The molecule has 2 aromatic rings. The summed E-state index contributed by atoms with van der Waals surface area (Å²) in [6.07, 6.45) is 0.907. The monoisotopic (exact) mass is 402 g/mol. The van der Waals surface area contributed by atoms with Crippen LogP contribution in [0.5, 0.6) is 5.75 Å². The van der Waals surface area contributed by atoms with Gasteiger partial charge in [0.1, 0.15) is 5.75 Å². The van der Waals surface area contributed by atoms with Crippen molar-refractivity contribution in [1.82, 2.24) is 9.80 Å². The molecule has 1 unspecified atom stereocenters. The van der Waals surface area contributed by atoms with Gasteiger partial charge in [0, 0.05) is 36.5 Å². The minimum absolute atomic E-state index is 0.0000216. The number of carbonyl (C=O) groups is 2.